The summed E-state index contributed by atoms with van der Waals surface area (Å²) in [6.07, 6.45) is 3.37. The highest BCUT2D eigenvalue weighted by Gasteiger charge is 2.06. The fourth-order valence-corrected chi connectivity index (χ4v) is 1.91. The molecule has 4 nitrogen and oxygen atoms in total. The smallest absolute Gasteiger partial charge is 0.224 e. The standard InChI is InChI=1S/C13H12Cl2N4/c1-2-7-16-13-17-8-6-11(19-13)18-12-9(14)4-3-5-10(12)15/h2-6,8H,1,7H2,(H2,16,17,18,19). The summed E-state index contributed by atoms with van der Waals surface area (Å²) in [6.45, 7) is 4.21. The molecule has 2 N–H and O–H groups in total. The lowest BCUT2D eigenvalue weighted by Gasteiger charge is -2.10. The van der Waals surface area contributed by atoms with E-state index in [1.807, 2.05) is 0 Å². The molecule has 1 heterocycles. The maximum Gasteiger partial charge on any atom is 0.224 e. The van der Waals surface area contributed by atoms with E-state index >= 15 is 0 Å². The minimum atomic E-state index is 0.507. The Bertz CT molecular complexity index is 566. The number of nitrogens with one attached hydrogen (secondary N) is 2. The van der Waals surface area contributed by atoms with Gasteiger partial charge in [-0.2, -0.15) is 4.98 Å². The summed E-state index contributed by atoms with van der Waals surface area (Å²) in [6, 6.07) is 7.04. The molecule has 0 bridgehead atoms. The van der Waals surface area contributed by atoms with Gasteiger partial charge in [-0.05, 0) is 18.2 Å². The normalized spacial score (nSPS) is 10.0. The fourth-order valence-electron chi connectivity index (χ4n) is 1.42. The van der Waals surface area contributed by atoms with E-state index in [4.69, 9.17) is 23.2 Å². The molecule has 2 aromatic rings. The van der Waals surface area contributed by atoms with Gasteiger partial charge in [0, 0.05) is 12.7 Å². The zero-order valence-corrected chi connectivity index (χ0v) is 11.5. The zero-order chi connectivity index (χ0) is 13.7. The number of hydrogen-bond donors (Lipinski definition) is 2. The minimum Gasteiger partial charge on any atom is -0.351 e. The second-order valence-electron chi connectivity index (χ2n) is 3.66. The first kappa shape index (κ1) is 13.6. The molecule has 0 saturated carbocycles. The van der Waals surface area contributed by atoms with E-state index in [-0.39, 0.29) is 0 Å². The number of hydrogen-bond acceptors (Lipinski definition) is 4. The third kappa shape index (κ3) is 3.59. The van der Waals surface area contributed by atoms with Gasteiger partial charge in [-0.1, -0.05) is 35.3 Å². The van der Waals surface area contributed by atoms with Gasteiger partial charge in [0.15, 0.2) is 0 Å². The molecular formula is C13H12Cl2N4. The molecule has 0 aliphatic heterocycles. The number of aromatic nitrogens is 2. The summed E-state index contributed by atoms with van der Waals surface area (Å²) in [4.78, 5) is 8.38. The number of anilines is 3. The third-order valence-corrected chi connectivity index (χ3v) is 2.91. The van der Waals surface area contributed by atoms with Gasteiger partial charge in [0.25, 0.3) is 0 Å². The van der Waals surface area contributed by atoms with Crippen LogP contribution < -0.4 is 10.6 Å². The van der Waals surface area contributed by atoms with Crippen molar-refractivity contribution >= 4 is 40.7 Å². The van der Waals surface area contributed by atoms with E-state index in [1.54, 1.807) is 36.5 Å². The summed E-state index contributed by atoms with van der Waals surface area (Å²) >= 11 is 12.2. The van der Waals surface area contributed by atoms with Gasteiger partial charge in [-0.25, -0.2) is 4.98 Å². The first-order chi connectivity index (χ1) is 9.20. The molecule has 0 spiro atoms. The van der Waals surface area contributed by atoms with Gasteiger partial charge < -0.3 is 10.6 Å². The van der Waals surface area contributed by atoms with Gasteiger partial charge in [0.1, 0.15) is 5.82 Å². The molecule has 0 saturated heterocycles. The topological polar surface area (TPSA) is 49.8 Å². The van der Waals surface area contributed by atoms with Gasteiger partial charge in [0.2, 0.25) is 5.95 Å². The molecule has 0 aliphatic carbocycles. The van der Waals surface area contributed by atoms with Crippen LogP contribution in [0.4, 0.5) is 17.5 Å². The molecule has 0 aliphatic rings. The quantitative estimate of drug-likeness (QED) is 0.814. The largest absolute Gasteiger partial charge is 0.351 e. The van der Waals surface area contributed by atoms with E-state index in [9.17, 15) is 0 Å². The lowest BCUT2D eigenvalue weighted by atomic mass is 10.3. The molecule has 6 heteroatoms. The molecule has 19 heavy (non-hydrogen) atoms. The zero-order valence-electron chi connectivity index (χ0n) is 10.0. The van der Waals surface area contributed by atoms with E-state index in [1.165, 1.54) is 0 Å². The fraction of sp³-hybridized carbons (Fsp3) is 0.0769. The molecule has 0 unspecified atom stereocenters. The summed E-state index contributed by atoms with van der Waals surface area (Å²) in [5.74, 6) is 1.12. The Morgan fingerprint density at radius 2 is 1.95 bits per heavy atom. The van der Waals surface area contributed by atoms with Crippen molar-refractivity contribution in [3.8, 4) is 0 Å². The van der Waals surface area contributed by atoms with Crippen LogP contribution in [-0.2, 0) is 0 Å². The van der Waals surface area contributed by atoms with E-state index in [0.29, 0.717) is 34.0 Å². The van der Waals surface area contributed by atoms with Crippen molar-refractivity contribution < 1.29 is 0 Å². The molecule has 2 rings (SSSR count). The average Bonchev–Trinajstić information content (AvgIpc) is 2.41. The Hall–Kier alpha value is -1.78. The average molecular weight is 295 g/mol. The highest BCUT2D eigenvalue weighted by molar-refractivity contribution is 6.39. The van der Waals surface area contributed by atoms with Gasteiger partial charge in [-0.15, -0.1) is 6.58 Å². The Labute approximate surface area is 121 Å². The molecule has 0 atom stereocenters. The molecule has 0 amide bonds. The first-order valence-corrected chi connectivity index (χ1v) is 6.35. The van der Waals surface area contributed by atoms with Crippen molar-refractivity contribution in [3.05, 3.63) is 53.2 Å². The monoisotopic (exact) mass is 294 g/mol. The first-order valence-electron chi connectivity index (χ1n) is 5.59. The van der Waals surface area contributed by atoms with Crippen LogP contribution in [0.15, 0.2) is 43.1 Å². The Morgan fingerprint density at radius 3 is 2.63 bits per heavy atom. The number of rotatable bonds is 5. The highest BCUT2D eigenvalue weighted by atomic mass is 35.5. The number of para-hydroxylation sites is 1. The van der Waals surface area contributed by atoms with Gasteiger partial charge >= 0.3 is 0 Å². The Morgan fingerprint density at radius 1 is 1.21 bits per heavy atom. The number of halogens is 2. The minimum absolute atomic E-state index is 0.507. The highest BCUT2D eigenvalue weighted by Crippen LogP contribution is 2.31. The van der Waals surface area contributed by atoms with Crippen LogP contribution in [0, 0.1) is 0 Å². The number of nitrogens with zero attached hydrogens (tertiary/aromatic N) is 2. The SMILES string of the molecule is C=CCNc1nccc(Nc2c(Cl)cccc2Cl)n1. The van der Waals surface area contributed by atoms with Crippen LogP contribution in [-0.4, -0.2) is 16.5 Å². The van der Waals surface area contributed by atoms with Gasteiger partial charge in [0.05, 0.1) is 15.7 Å². The summed E-state index contributed by atoms with van der Waals surface area (Å²) in [5, 5.41) is 7.15. The van der Waals surface area contributed by atoms with E-state index < -0.39 is 0 Å². The second kappa shape index (κ2) is 6.41. The predicted molar refractivity (Wildman–Crippen MR) is 80.5 cm³/mol. The Balaban J connectivity index is 2.21. The van der Waals surface area contributed by atoms with Crippen molar-refractivity contribution in [1.82, 2.24) is 9.97 Å². The van der Waals surface area contributed by atoms with Gasteiger partial charge in [-0.3, -0.25) is 0 Å². The molecule has 1 aromatic carbocycles. The maximum absolute atomic E-state index is 6.08. The lowest BCUT2D eigenvalue weighted by molar-refractivity contribution is 1.12. The molecule has 0 fully saturated rings. The molecule has 0 radical (unpaired) electrons. The van der Waals surface area contributed by atoms with Crippen molar-refractivity contribution in [2.75, 3.05) is 17.2 Å². The predicted octanol–water partition coefficient (Wildman–Crippen LogP) is 4.12. The van der Waals surface area contributed by atoms with Crippen molar-refractivity contribution in [1.29, 1.82) is 0 Å². The van der Waals surface area contributed by atoms with Crippen LogP contribution in [0.2, 0.25) is 10.0 Å². The molecular weight excluding hydrogens is 283 g/mol. The number of benzene rings is 1. The van der Waals surface area contributed by atoms with Crippen molar-refractivity contribution in [2.45, 2.75) is 0 Å². The lowest BCUT2D eigenvalue weighted by Crippen LogP contribution is -2.04. The summed E-state index contributed by atoms with van der Waals surface area (Å²) in [7, 11) is 0. The van der Waals surface area contributed by atoms with Crippen LogP contribution in [0.25, 0.3) is 0 Å². The van der Waals surface area contributed by atoms with Crippen molar-refractivity contribution in [2.24, 2.45) is 0 Å². The van der Waals surface area contributed by atoms with Crippen molar-refractivity contribution in [3.63, 3.8) is 0 Å². The molecule has 98 valence electrons. The van der Waals surface area contributed by atoms with Crippen LogP contribution in [0.5, 0.6) is 0 Å². The Kier molecular flexibility index (Phi) is 4.60. The van der Waals surface area contributed by atoms with E-state index in [2.05, 4.69) is 27.2 Å². The van der Waals surface area contributed by atoms with E-state index in [0.717, 1.165) is 0 Å². The maximum atomic E-state index is 6.08. The molecule has 1 aromatic heterocycles. The third-order valence-electron chi connectivity index (χ3n) is 2.28. The van der Waals surface area contributed by atoms with Crippen LogP contribution >= 0.6 is 23.2 Å². The summed E-state index contributed by atoms with van der Waals surface area (Å²) < 4.78 is 0. The van der Waals surface area contributed by atoms with Crippen LogP contribution in [0.3, 0.4) is 0 Å². The van der Waals surface area contributed by atoms with Crippen LogP contribution in [0.1, 0.15) is 0 Å². The second-order valence-corrected chi connectivity index (χ2v) is 4.47. The summed E-state index contributed by atoms with van der Waals surface area (Å²) in [5.41, 5.74) is 0.624.